The van der Waals surface area contributed by atoms with Gasteiger partial charge in [0.2, 0.25) is 0 Å². The number of aromatic nitrogens is 1. The molecule has 0 amide bonds. The van der Waals surface area contributed by atoms with Crippen LogP contribution in [0.3, 0.4) is 0 Å². The Bertz CT molecular complexity index is 499. The molecule has 0 aliphatic carbocycles. The van der Waals surface area contributed by atoms with Crippen molar-refractivity contribution in [2.45, 2.75) is 46.3 Å². The normalized spacial score (nSPS) is 12.6. The van der Waals surface area contributed by atoms with Crippen molar-refractivity contribution in [1.29, 1.82) is 0 Å². The Labute approximate surface area is 149 Å². The minimum Gasteiger partial charge on any atom is -0.355 e. The van der Waals surface area contributed by atoms with E-state index >= 15 is 0 Å². The average Bonchev–Trinajstić information content (AvgIpc) is 2.75. The van der Waals surface area contributed by atoms with Gasteiger partial charge in [0.15, 0.2) is 5.96 Å². The third-order valence-corrected chi connectivity index (χ3v) is 4.46. The van der Waals surface area contributed by atoms with Crippen LogP contribution in [0.4, 0.5) is 0 Å². The highest BCUT2D eigenvalue weighted by Gasteiger charge is 2.14. The van der Waals surface area contributed by atoms with E-state index in [1.807, 2.05) is 7.05 Å². The Morgan fingerprint density at radius 2 is 1.91 bits per heavy atom. The number of nitrogens with zero attached hydrogens (tertiary/aromatic N) is 4. The lowest BCUT2D eigenvalue weighted by Crippen LogP contribution is -2.45. The molecule has 1 heterocycles. The highest BCUT2D eigenvalue weighted by Crippen LogP contribution is 2.14. The number of guanidine groups is 1. The summed E-state index contributed by atoms with van der Waals surface area (Å²) in [5.41, 5.74) is 1.24. The molecule has 0 atom stereocenters. The van der Waals surface area contributed by atoms with Crippen molar-refractivity contribution >= 4 is 21.9 Å². The summed E-state index contributed by atoms with van der Waals surface area (Å²) in [5, 5.41) is 3.47. The van der Waals surface area contributed by atoms with Crippen molar-refractivity contribution in [3.63, 3.8) is 0 Å². The number of aryl methyl sites for hydroxylation is 1. The predicted octanol–water partition coefficient (Wildman–Crippen LogP) is 2.91. The van der Waals surface area contributed by atoms with Crippen LogP contribution in [-0.4, -0.2) is 59.6 Å². The maximum Gasteiger partial charge on any atom is 0.193 e. The summed E-state index contributed by atoms with van der Waals surface area (Å²) < 4.78 is 3.24. The van der Waals surface area contributed by atoms with Crippen molar-refractivity contribution < 1.29 is 0 Å². The van der Waals surface area contributed by atoms with Gasteiger partial charge in [-0.15, -0.1) is 0 Å². The Morgan fingerprint density at radius 1 is 1.30 bits per heavy atom. The van der Waals surface area contributed by atoms with Crippen molar-refractivity contribution in [3.8, 4) is 0 Å². The number of rotatable bonds is 7. The van der Waals surface area contributed by atoms with Gasteiger partial charge in [0.25, 0.3) is 0 Å². The molecule has 0 fully saturated rings. The van der Waals surface area contributed by atoms with Gasteiger partial charge in [-0.2, -0.15) is 0 Å². The second-order valence-corrected chi connectivity index (χ2v) is 7.43. The van der Waals surface area contributed by atoms with Crippen LogP contribution < -0.4 is 5.32 Å². The summed E-state index contributed by atoms with van der Waals surface area (Å²) in [6.45, 7) is 11.7. The van der Waals surface area contributed by atoms with Crippen molar-refractivity contribution in [2.75, 3.05) is 27.2 Å². The van der Waals surface area contributed by atoms with Crippen LogP contribution in [0.15, 0.2) is 21.7 Å². The van der Waals surface area contributed by atoms with Gasteiger partial charge < -0.3 is 14.8 Å². The average molecular weight is 386 g/mol. The molecule has 0 aliphatic heterocycles. The van der Waals surface area contributed by atoms with E-state index in [-0.39, 0.29) is 0 Å². The molecule has 0 spiro atoms. The van der Waals surface area contributed by atoms with Gasteiger partial charge in [-0.1, -0.05) is 0 Å². The summed E-state index contributed by atoms with van der Waals surface area (Å²) in [6.07, 6.45) is 2.07. The first-order valence-electron chi connectivity index (χ1n) is 8.24. The third kappa shape index (κ3) is 6.18. The lowest BCUT2D eigenvalue weighted by molar-refractivity contribution is 0.178. The summed E-state index contributed by atoms with van der Waals surface area (Å²) >= 11 is 3.52. The van der Waals surface area contributed by atoms with E-state index < -0.39 is 0 Å². The molecule has 0 aromatic carbocycles. The number of nitrogens with one attached hydrogen (secondary N) is 1. The molecule has 1 aromatic heterocycles. The first-order valence-corrected chi connectivity index (χ1v) is 9.03. The molecule has 6 heteroatoms. The van der Waals surface area contributed by atoms with Gasteiger partial charge in [-0.05, 0) is 49.7 Å². The standard InChI is InChI=1S/C17H32BrN5/c1-13(2)23(14(3)4)9-8-20-17(19-5)22(7)12-16-10-15(18)11-21(16)6/h10-11,13-14H,8-9,12H2,1-7H3,(H,19,20). The summed E-state index contributed by atoms with van der Waals surface area (Å²) in [7, 11) is 5.97. The zero-order valence-corrected chi connectivity index (χ0v) is 17.2. The van der Waals surface area contributed by atoms with Crippen LogP contribution in [0.25, 0.3) is 0 Å². The fourth-order valence-electron chi connectivity index (χ4n) is 2.84. The van der Waals surface area contributed by atoms with Gasteiger partial charge in [-0.25, -0.2) is 0 Å². The summed E-state index contributed by atoms with van der Waals surface area (Å²) in [5.74, 6) is 0.926. The van der Waals surface area contributed by atoms with E-state index in [4.69, 9.17) is 0 Å². The molecule has 132 valence electrons. The second-order valence-electron chi connectivity index (χ2n) is 6.52. The van der Waals surface area contributed by atoms with E-state index in [2.05, 4.69) is 94.7 Å². The van der Waals surface area contributed by atoms with Crippen molar-refractivity contribution in [2.24, 2.45) is 12.0 Å². The van der Waals surface area contributed by atoms with Gasteiger partial charge in [0.1, 0.15) is 0 Å². The van der Waals surface area contributed by atoms with Crippen LogP contribution >= 0.6 is 15.9 Å². The van der Waals surface area contributed by atoms with E-state index in [1.165, 1.54) is 5.69 Å². The van der Waals surface area contributed by atoms with Crippen LogP contribution in [0.2, 0.25) is 0 Å². The molecule has 1 aromatic rings. The lowest BCUT2D eigenvalue weighted by atomic mass is 10.2. The largest absolute Gasteiger partial charge is 0.355 e. The number of halogens is 1. The van der Waals surface area contributed by atoms with E-state index in [9.17, 15) is 0 Å². The molecule has 5 nitrogen and oxygen atoms in total. The highest BCUT2D eigenvalue weighted by atomic mass is 79.9. The fraction of sp³-hybridized carbons (Fsp3) is 0.706. The van der Waals surface area contributed by atoms with Gasteiger partial charge in [0, 0.05) is 62.7 Å². The molecule has 23 heavy (non-hydrogen) atoms. The summed E-state index contributed by atoms with van der Waals surface area (Å²) in [6, 6.07) is 3.25. The Hall–Kier alpha value is -1.01. The number of hydrogen-bond acceptors (Lipinski definition) is 2. The number of hydrogen-bond donors (Lipinski definition) is 1. The smallest absolute Gasteiger partial charge is 0.193 e. The molecule has 0 bridgehead atoms. The minimum atomic E-state index is 0.553. The SMILES string of the molecule is CN=C(NCCN(C(C)C)C(C)C)N(C)Cc1cc(Br)cn1C. The molecule has 0 aliphatic rings. The molecular formula is C17H32BrN5. The van der Waals surface area contributed by atoms with Gasteiger partial charge in [0.05, 0.1) is 6.54 Å². The predicted molar refractivity (Wildman–Crippen MR) is 103 cm³/mol. The monoisotopic (exact) mass is 385 g/mol. The van der Waals surface area contributed by atoms with Crippen LogP contribution in [0, 0.1) is 0 Å². The van der Waals surface area contributed by atoms with Crippen LogP contribution in [-0.2, 0) is 13.6 Å². The molecule has 0 saturated carbocycles. The molecular weight excluding hydrogens is 354 g/mol. The fourth-order valence-corrected chi connectivity index (χ4v) is 3.41. The number of aliphatic imine (C=N–C) groups is 1. The maximum absolute atomic E-state index is 4.40. The topological polar surface area (TPSA) is 35.8 Å². The second kappa shape index (κ2) is 9.33. The molecule has 0 radical (unpaired) electrons. The lowest BCUT2D eigenvalue weighted by Gasteiger charge is -2.31. The highest BCUT2D eigenvalue weighted by molar-refractivity contribution is 9.10. The maximum atomic E-state index is 4.40. The Kier molecular flexibility index (Phi) is 8.12. The van der Waals surface area contributed by atoms with Crippen LogP contribution in [0.5, 0.6) is 0 Å². The first kappa shape index (κ1) is 20.0. The quantitative estimate of drug-likeness (QED) is 0.578. The zero-order chi connectivity index (χ0) is 17.6. The van der Waals surface area contributed by atoms with Crippen molar-refractivity contribution in [3.05, 3.63) is 22.4 Å². The Morgan fingerprint density at radius 3 is 2.35 bits per heavy atom. The third-order valence-electron chi connectivity index (χ3n) is 4.03. The summed E-state index contributed by atoms with van der Waals surface area (Å²) in [4.78, 5) is 9.03. The van der Waals surface area contributed by atoms with Crippen molar-refractivity contribution in [1.82, 2.24) is 19.7 Å². The van der Waals surface area contributed by atoms with E-state index in [0.29, 0.717) is 12.1 Å². The van der Waals surface area contributed by atoms with Gasteiger partial charge >= 0.3 is 0 Å². The molecule has 1 rings (SSSR count). The van der Waals surface area contributed by atoms with E-state index in [0.717, 1.165) is 30.1 Å². The van der Waals surface area contributed by atoms with E-state index in [1.54, 1.807) is 0 Å². The first-order chi connectivity index (χ1) is 10.8. The molecule has 0 unspecified atom stereocenters. The zero-order valence-electron chi connectivity index (χ0n) is 15.6. The van der Waals surface area contributed by atoms with Crippen LogP contribution in [0.1, 0.15) is 33.4 Å². The molecule has 0 saturated heterocycles. The minimum absolute atomic E-state index is 0.553. The Balaban J connectivity index is 2.55. The van der Waals surface area contributed by atoms with Gasteiger partial charge in [-0.3, -0.25) is 9.89 Å². The molecule has 1 N–H and O–H groups in total.